The van der Waals surface area contributed by atoms with Gasteiger partial charge in [0.05, 0.1) is 12.1 Å². The van der Waals surface area contributed by atoms with E-state index in [9.17, 15) is 0 Å². The summed E-state index contributed by atoms with van der Waals surface area (Å²) in [5, 5.41) is 3.10. The van der Waals surface area contributed by atoms with Gasteiger partial charge in [-0.1, -0.05) is 13.3 Å². The topological polar surface area (TPSA) is 59.6 Å². The zero-order chi connectivity index (χ0) is 11.1. The van der Waals surface area contributed by atoms with Crippen molar-refractivity contribution in [2.24, 2.45) is 10.7 Å². The van der Waals surface area contributed by atoms with Crippen molar-refractivity contribution in [1.82, 2.24) is 5.32 Å². The van der Waals surface area contributed by atoms with Crippen molar-refractivity contribution in [3.63, 3.8) is 0 Å². The highest BCUT2D eigenvalue weighted by Crippen LogP contribution is 2.24. The van der Waals surface area contributed by atoms with Crippen LogP contribution in [0.25, 0.3) is 0 Å². The molecule has 0 spiro atoms. The van der Waals surface area contributed by atoms with Crippen molar-refractivity contribution in [2.45, 2.75) is 45.1 Å². The molecule has 1 aliphatic rings. The minimum atomic E-state index is -0.0863. The number of hydrogen-bond donors (Lipinski definition) is 2. The predicted molar refractivity (Wildman–Crippen MR) is 63.0 cm³/mol. The lowest BCUT2D eigenvalue weighted by atomic mass is 10.0. The smallest absolute Gasteiger partial charge is 0.188 e. The third kappa shape index (κ3) is 4.51. The van der Waals surface area contributed by atoms with E-state index < -0.39 is 0 Å². The van der Waals surface area contributed by atoms with E-state index in [1.165, 1.54) is 6.42 Å². The Morgan fingerprint density at radius 1 is 1.60 bits per heavy atom. The number of nitrogens with one attached hydrogen (secondary N) is 1. The molecule has 4 nitrogen and oxygen atoms in total. The molecular formula is C11H23N3O. The average molecular weight is 213 g/mol. The zero-order valence-corrected chi connectivity index (χ0v) is 9.88. The molecule has 1 rings (SSSR count). The molecule has 0 aromatic carbocycles. The molecule has 1 saturated heterocycles. The lowest BCUT2D eigenvalue weighted by molar-refractivity contribution is 0.0284. The fourth-order valence-electron chi connectivity index (χ4n) is 1.66. The summed E-state index contributed by atoms with van der Waals surface area (Å²) in [5.74, 6) is 0.542. The van der Waals surface area contributed by atoms with Gasteiger partial charge in [-0.25, -0.2) is 0 Å². The average Bonchev–Trinajstić information content (AvgIpc) is 2.64. The first-order chi connectivity index (χ1) is 7.16. The number of nitrogens with two attached hydrogens (primary N) is 1. The van der Waals surface area contributed by atoms with Gasteiger partial charge in [0.15, 0.2) is 5.96 Å². The van der Waals surface area contributed by atoms with E-state index in [1.807, 2.05) is 0 Å². The minimum Gasteiger partial charge on any atom is -0.373 e. The number of rotatable bonds is 5. The van der Waals surface area contributed by atoms with E-state index in [2.05, 4.69) is 24.2 Å². The second-order valence-corrected chi connectivity index (χ2v) is 4.38. The van der Waals surface area contributed by atoms with E-state index in [0.29, 0.717) is 12.5 Å². The number of unbranched alkanes of at least 4 members (excludes halogenated alkanes) is 1. The van der Waals surface area contributed by atoms with Crippen LogP contribution in [0.2, 0.25) is 0 Å². The molecular weight excluding hydrogens is 190 g/mol. The predicted octanol–water partition coefficient (Wildman–Crippen LogP) is 1.26. The Kier molecular flexibility index (Phi) is 4.88. The highest BCUT2D eigenvalue weighted by atomic mass is 16.5. The third-order valence-electron chi connectivity index (χ3n) is 2.72. The van der Waals surface area contributed by atoms with Gasteiger partial charge in [-0.05, 0) is 26.2 Å². The molecule has 0 saturated carbocycles. The molecule has 0 aromatic heterocycles. The maximum atomic E-state index is 5.73. The van der Waals surface area contributed by atoms with Crippen LogP contribution < -0.4 is 11.1 Å². The molecule has 0 aromatic rings. The molecule has 1 unspecified atom stereocenters. The quantitative estimate of drug-likeness (QED) is 0.410. The van der Waals surface area contributed by atoms with Crippen LogP contribution in [0.4, 0.5) is 0 Å². The van der Waals surface area contributed by atoms with Crippen LogP contribution in [0.5, 0.6) is 0 Å². The Hall–Kier alpha value is -0.770. The van der Waals surface area contributed by atoms with Crippen molar-refractivity contribution >= 4 is 5.96 Å². The van der Waals surface area contributed by atoms with Gasteiger partial charge in [0.25, 0.3) is 0 Å². The summed E-state index contributed by atoms with van der Waals surface area (Å²) in [6, 6.07) is 0. The van der Waals surface area contributed by atoms with Crippen LogP contribution in [0.15, 0.2) is 4.99 Å². The van der Waals surface area contributed by atoms with Gasteiger partial charge >= 0.3 is 0 Å². The van der Waals surface area contributed by atoms with Crippen molar-refractivity contribution in [3.8, 4) is 0 Å². The molecule has 88 valence electrons. The molecule has 4 heteroatoms. The second kappa shape index (κ2) is 5.95. The summed E-state index contributed by atoms with van der Waals surface area (Å²) in [6.07, 6.45) is 4.51. The maximum Gasteiger partial charge on any atom is 0.188 e. The van der Waals surface area contributed by atoms with Crippen molar-refractivity contribution < 1.29 is 4.74 Å². The first-order valence-electron chi connectivity index (χ1n) is 5.84. The molecule has 0 bridgehead atoms. The van der Waals surface area contributed by atoms with Gasteiger partial charge in [-0.15, -0.1) is 0 Å². The lowest BCUT2D eigenvalue weighted by Gasteiger charge is -2.20. The van der Waals surface area contributed by atoms with Gasteiger partial charge in [0.2, 0.25) is 0 Å². The van der Waals surface area contributed by atoms with Gasteiger partial charge in [-0.3, -0.25) is 4.99 Å². The largest absolute Gasteiger partial charge is 0.373 e. The molecule has 0 radical (unpaired) electrons. The second-order valence-electron chi connectivity index (χ2n) is 4.38. The summed E-state index contributed by atoms with van der Waals surface area (Å²) in [7, 11) is 0. The van der Waals surface area contributed by atoms with Gasteiger partial charge in [0.1, 0.15) is 0 Å². The summed E-state index contributed by atoms with van der Waals surface area (Å²) >= 11 is 0. The maximum absolute atomic E-state index is 5.73. The molecule has 1 atom stereocenters. The first-order valence-corrected chi connectivity index (χ1v) is 5.84. The fourth-order valence-corrected chi connectivity index (χ4v) is 1.66. The van der Waals surface area contributed by atoms with Gasteiger partial charge < -0.3 is 15.8 Å². The summed E-state index contributed by atoms with van der Waals surface area (Å²) in [6.45, 7) is 6.68. The van der Waals surface area contributed by atoms with Crippen molar-refractivity contribution in [1.29, 1.82) is 0 Å². The molecule has 1 aliphatic heterocycles. The van der Waals surface area contributed by atoms with E-state index in [-0.39, 0.29) is 5.60 Å². The highest BCUT2D eigenvalue weighted by molar-refractivity contribution is 5.77. The number of nitrogens with zero attached hydrogens (tertiary/aromatic N) is 1. The lowest BCUT2D eigenvalue weighted by Crippen LogP contribution is -2.35. The minimum absolute atomic E-state index is 0.0863. The molecule has 0 aliphatic carbocycles. The van der Waals surface area contributed by atoms with Crippen LogP contribution in [-0.2, 0) is 4.74 Å². The van der Waals surface area contributed by atoms with Crippen LogP contribution >= 0.6 is 0 Å². The molecule has 0 amide bonds. The number of hydrogen-bond acceptors (Lipinski definition) is 2. The van der Waals surface area contributed by atoms with Crippen LogP contribution in [0, 0.1) is 0 Å². The van der Waals surface area contributed by atoms with Crippen LogP contribution in [0.3, 0.4) is 0 Å². The highest BCUT2D eigenvalue weighted by Gasteiger charge is 2.29. The monoisotopic (exact) mass is 213 g/mol. The van der Waals surface area contributed by atoms with E-state index in [0.717, 1.165) is 32.4 Å². The molecule has 15 heavy (non-hydrogen) atoms. The van der Waals surface area contributed by atoms with Gasteiger partial charge in [-0.2, -0.15) is 0 Å². The SMILES string of the molecule is CCCCNC(N)=NCC1(C)CCCO1. The Labute approximate surface area is 92.3 Å². The Morgan fingerprint density at radius 2 is 2.40 bits per heavy atom. The molecule has 1 fully saturated rings. The Bertz CT molecular complexity index is 210. The number of aliphatic imine (C=N–C) groups is 1. The summed E-state index contributed by atoms with van der Waals surface area (Å²) in [4.78, 5) is 4.31. The van der Waals surface area contributed by atoms with Crippen LogP contribution in [0.1, 0.15) is 39.5 Å². The normalized spacial score (nSPS) is 26.9. The zero-order valence-electron chi connectivity index (χ0n) is 9.88. The Morgan fingerprint density at radius 3 is 3.00 bits per heavy atom. The van der Waals surface area contributed by atoms with Crippen molar-refractivity contribution in [2.75, 3.05) is 19.7 Å². The number of ether oxygens (including phenoxy) is 1. The third-order valence-corrected chi connectivity index (χ3v) is 2.72. The molecule has 1 heterocycles. The summed E-state index contributed by atoms with van der Waals surface area (Å²) < 4.78 is 5.63. The van der Waals surface area contributed by atoms with E-state index >= 15 is 0 Å². The number of guanidine groups is 1. The standard InChI is InChI=1S/C11H23N3O/c1-3-4-7-13-10(12)14-9-11(2)6-5-8-15-11/h3-9H2,1-2H3,(H3,12,13,14). The van der Waals surface area contributed by atoms with Gasteiger partial charge in [0, 0.05) is 13.2 Å². The van der Waals surface area contributed by atoms with E-state index in [1.54, 1.807) is 0 Å². The Balaban J connectivity index is 2.23. The molecule has 3 N–H and O–H groups in total. The van der Waals surface area contributed by atoms with Crippen LogP contribution in [-0.4, -0.2) is 31.3 Å². The van der Waals surface area contributed by atoms with Crippen molar-refractivity contribution in [3.05, 3.63) is 0 Å². The summed E-state index contributed by atoms with van der Waals surface area (Å²) in [5.41, 5.74) is 5.65. The fraction of sp³-hybridized carbons (Fsp3) is 0.909. The first kappa shape index (κ1) is 12.3. The van der Waals surface area contributed by atoms with E-state index in [4.69, 9.17) is 10.5 Å².